The molecule has 1 atom stereocenters. The maximum absolute atomic E-state index is 12.4. The quantitative estimate of drug-likeness (QED) is 0.830. The number of hydrogen-bond acceptors (Lipinski definition) is 3. The zero-order valence-electron chi connectivity index (χ0n) is 13.1. The van der Waals surface area contributed by atoms with Crippen LogP contribution in [0.5, 0.6) is 5.75 Å². The van der Waals surface area contributed by atoms with Crippen molar-refractivity contribution in [2.24, 2.45) is 0 Å². The summed E-state index contributed by atoms with van der Waals surface area (Å²) in [4.78, 5) is 12.4. The number of ether oxygens (including phenoxy) is 2. The Morgan fingerprint density at radius 1 is 1.35 bits per heavy atom. The van der Waals surface area contributed by atoms with Crippen molar-refractivity contribution in [1.82, 2.24) is 0 Å². The van der Waals surface area contributed by atoms with Gasteiger partial charge in [0.1, 0.15) is 11.4 Å². The molecular weight excluding hydrogens is 254 g/mol. The zero-order valence-corrected chi connectivity index (χ0v) is 13.1. The molecule has 1 rings (SSSR count). The molecule has 0 unspecified atom stereocenters. The second-order valence-corrected chi connectivity index (χ2v) is 5.05. The van der Waals surface area contributed by atoms with Crippen molar-refractivity contribution in [3.8, 4) is 5.75 Å². The van der Waals surface area contributed by atoms with Gasteiger partial charge in [0.2, 0.25) is 0 Å². The first-order valence-corrected chi connectivity index (χ1v) is 7.07. The van der Waals surface area contributed by atoms with Gasteiger partial charge in [-0.25, -0.2) is 0 Å². The fourth-order valence-electron chi connectivity index (χ4n) is 2.27. The highest BCUT2D eigenvalue weighted by atomic mass is 16.5. The van der Waals surface area contributed by atoms with E-state index in [0.717, 1.165) is 23.4 Å². The molecule has 1 aromatic carbocycles. The fourth-order valence-corrected chi connectivity index (χ4v) is 2.27. The lowest BCUT2D eigenvalue weighted by Crippen LogP contribution is -2.42. The first-order chi connectivity index (χ1) is 9.46. The number of nitrogens with one attached hydrogen (secondary N) is 1. The summed E-state index contributed by atoms with van der Waals surface area (Å²) in [5.41, 5.74) is 0.964. The predicted octanol–water partition coefficient (Wildman–Crippen LogP) is 3.54. The van der Waals surface area contributed by atoms with Crippen molar-refractivity contribution in [1.29, 1.82) is 0 Å². The topological polar surface area (TPSA) is 47.6 Å². The van der Waals surface area contributed by atoms with E-state index in [9.17, 15) is 4.79 Å². The van der Waals surface area contributed by atoms with Gasteiger partial charge >= 0.3 is 0 Å². The van der Waals surface area contributed by atoms with Crippen LogP contribution in [0.25, 0.3) is 0 Å². The van der Waals surface area contributed by atoms with Crippen LogP contribution in [0.2, 0.25) is 0 Å². The van der Waals surface area contributed by atoms with Gasteiger partial charge in [-0.05, 0) is 51.0 Å². The van der Waals surface area contributed by atoms with Crippen LogP contribution in [0.3, 0.4) is 0 Å². The Balaban J connectivity index is 2.85. The molecule has 1 amide bonds. The highest BCUT2D eigenvalue weighted by molar-refractivity contribution is 5.97. The van der Waals surface area contributed by atoms with Crippen molar-refractivity contribution in [3.63, 3.8) is 0 Å². The first kappa shape index (κ1) is 16.5. The van der Waals surface area contributed by atoms with Crippen LogP contribution < -0.4 is 10.1 Å². The first-order valence-electron chi connectivity index (χ1n) is 7.07. The molecular formula is C16H25NO3. The smallest absolute Gasteiger partial charge is 0.256 e. The monoisotopic (exact) mass is 279 g/mol. The van der Waals surface area contributed by atoms with Crippen molar-refractivity contribution in [2.75, 3.05) is 19.0 Å². The van der Waals surface area contributed by atoms with E-state index in [1.165, 1.54) is 0 Å². The maximum Gasteiger partial charge on any atom is 0.256 e. The van der Waals surface area contributed by atoms with Gasteiger partial charge in [0.05, 0.1) is 7.11 Å². The molecule has 0 spiro atoms. The maximum atomic E-state index is 12.4. The minimum Gasteiger partial charge on any atom is -0.496 e. The molecule has 4 heteroatoms. The van der Waals surface area contributed by atoms with Crippen LogP contribution in [0.15, 0.2) is 18.2 Å². The number of benzene rings is 1. The molecule has 0 radical (unpaired) electrons. The molecule has 4 nitrogen and oxygen atoms in total. The molecule has 0 aliphatic rings. The van der Waals surface area contributed by atoms with Crippen molar-refractivity contribution in [2.45, 2.75) is 46.1 Å². The molecule has 0 fully saturated rings. The van der Waals surface area contributed by atoms with Crippen molar-refractivity contribution < 1.29 is 14.3 Å². The van der Waals surface area contributed by atoms with Crippen LogP contribution in [0.1, 0.15) is 39.2 Å². The van der Waals surface area contributed by atoms with Gasteiger partial charge in [-0.1, -0.05) is 13.3 Å². The van der Waals surface area contributed by atoms with Crippen LogP contribution >= 0.6 is 0 Å². The number of rotatable bonds is 7. The summed E-state index contributed by atoms with van der Waals surface area (Å²) in [5, 5.41) is 2.92. The number of aryl methyl sites for hydroxylation is 1. The Morgan fingerprint density at radius 2 is 2.05 bits per heavy atom. The van der Waals surface area contributed by atoms with Crippen LogP contribution in [-0.2, 0) is 9.53 Å². The van der Waals surface area contributed by atoms with Crippen molar-refractivity contribution >= 4 is 11.6 Å². The number of carbonyl (C=O) groups excluding carboxylic acids is 1. The number of hydrogen-bond donors (Lipinski definition) is 1. The average Bonchev–Trinajstić information content (AvgIpc) is 2.39. The third-order valence-corrected chi connectivity index (χ3v) is 3.32. The molecule has 0 saturated heterocycles. The van der Waals surface area contributed by atoms with Gasteiger partial charge in [-0.3, -0.25) is 4.79 Å². The molecule has 112 valence electrons. The van der Waals surface area contributed by atoms with E-state index >= 15 is 0 Å². The largest absolute Gasteiger partial charge is 0.496 e. The molecule has 0 aliphatic heterocycles. The predicted molar refractivity (Wildman–Crippen MR) is 81.3 cm³/mol. The van der Waals surface area contributed by atoms with E-state index in [-0.39, 0.29) is 5.91 Å². The van der Waals surface area contributed by atoms with Gasteiger partial charge < -0.3 is 14.8 Å². The fraction of sp³-hybridized carbons (Fsp3) is 0.562. The summed E-state index contributed by atoms with van der Waals surface area (Å²) in [7, 11) is 1.63. The summed E-state index contributed by atoms with van der Waals surface area (Å²) >= 11 is 0. The Kier molecular flexibility index (Phi) is 6.02. The lowest BCUT2D eigenvalue weighted by Gasteiger charge is -2.28. The Bertz CT molecular complexity index is 451. The Morgan fingerprint density at radius 3 is 2.55 bits per heavy atom. The minimum atomic E-state index is -0.780. The molecule has 0 saturated carbocycles. The molecule has 1 aromatic rings. The van der Waals surface area contributed by atoms with E-state index in [1.54, 1.807) is 7.11 Å². The summed E-state index contributed by atoms with van der Waals surface area (Å²) < 4.78 is 10.9. The Labute approximate surface area is 121 Å². The molecule has 0 aromatic heterocycles. The lowest BCUT2D eigenvalue weighted by atomic mass is 9.99. The molecule has 0 aliphatic carbocycles. The number of methoxy groups -OCH3 is 1. The number of carbonyl (C=O) groups is 1. The molecule has 0 bridgehead atoms. The standard InChI is InChI=1S/C16H25NO3/c1-6-10-16(4,20-7-2)15(18)17-13-8-9-14(19-5)12(3)11-13/h8-9,11H,6-7,10H2,1-5H3,(H,17,18)/t16-/m0/s1. The molecule has 20 heavy (non-hydrogen) atoms. The zero-order chi connectivity index (χ0) is 15.2. The summed E-state index contributed by atoms with van der Waals surface area (Å²) in [6.45, 7) is 8.25. The van der Waals surface area contributed by atoms with E-state index in [1.807, 2.05) is 45.9 Å². The third-order valence-electron chi connectivity index (χ3n) is 3.32. The number of anilines is 1. The number of amides is 1. The van der Waals surface area contributed by atoms with E-state index in [0.29, 0.717) is 13.0 Å². The third kappa shape index (κ3) is 3.97. The Hall–Kier alpha value is -1.55. The van der Waals surface area contributed by atoms with Crippen LogP contribution in [-0.4, -0.2) is 25.2 Å². The van der Waals surface area contributed by atoms with Gasteiger partial charge in [-0.15, -0.1) is 0 Å². The molecule has 0 heterocycles. The summed E-state index contributed by atoms with van der Waals surface area (Å²) in [6.07, 6.45) is 1.59. The average molecular weight is 279 g/mol. The van der Waals surface area contributed by atoms with Crippen LogP contribution in [0.4, 0.5) is 5.69 Å². The van der Waals surface area contributed by atoms with Gasteiger partial charge in [0.25, 0.3) is 5.91 Å². The summed E-state index contributed by atoms with van der Waals surface area (Å²) in [6, 6.07) is 5.58. The summed E-state index contributed by atoms with van der Waals surface area (Å²) in [5.74, 6) is 0.704. The van der Waals surface area contributed by atoms with Gasteiger partial charge in [0, 0.05) is 12.3 Å². The second-order valence-electron chi connectivity index (χ2n) is 5.05. The second kappa shape index (κ2) is 7.29. The van der Waals surface area contributed by atoms with Gasteiger partial charge in [0.15, 0.2) is 0 Å². The molecule has 1 N–H and O–H groups in total. The lowest BCUT2D eigenvalue weighted by molar-refractivity contribution is -0.139. The highest BCUT2D eigenvalue weighted by Gasteiger charge is 2.32. The van der Waals surface area contributed by atoms with E-state index < -0.39 is 5.60 Å². The van der Waals surface area contributed by atoms with Crippen molar-refractivity contribution in [3.05, 3.63) is 23.8 Å². The minimum absolute atomic E-state index is 0.106. The van der Waals surface area contributed by atoms with E-state index in [4.69, 9.17) is 9.47 Å². The highest BCUT2D eigenvalue weighted by Crippen LogP contribution is 2.24. The van der Waals surface area contributed by atoms with E-state index in [2.05, 4.69) is 5.32 Å². The van der Waals surface area contributed by atoms with Crippen LogP contribution in [0, 0.1) is 6.92 Å². The SMILES string of the molecule is CCC[C@](C)(OCC)C(=O)Nc1ccc(OC)c(C)c1. The normalized spacial score (nSPS) is 13.7. The van der Waals surface area contributed by atoms with Gasteiger partial charge in [-0.2, -0.15) is 0 Å².